The maximum Gasteiger partial charge on any atom is 0.252 e. The largest absolute Gasteiger partial charge is 0.354 e. The zero-order valence-corrected chi connectivity index (χ0v) is 50.9. The highest BCUT2D eigenvalue weighted by atomic mass is 15.2. The van der Waals surface area contributed by atoms with E-state index in [9.17, 15) is 11.0 Å². The number of anilines is 3. The van der Waals surface area contributed by atoms with Crippen LogP contribution in [0.25, 0.3) is 144 Å². The van der Waals surface area contributed by atoms with Gasteiger partial charge in [-0.25, -0.2) is 0 Å². The monoisotopic (exact) mass is 1200 g/mol. The van der Waals surface area contributed by atoms with Gasteiger partial charge in [-0.15, -0.1) is 0 Å². The molecule has 0 unspecified atom stereocenters. The van der Waals surface area contributed by atoms with E-state index >= 15 is 0 Å². The van der Waals surface area contributed by atoms with Crippen molar-refractivity contribution in [1.29, 1.82) is 0 Å². The van der Waals surface area contributed by atoms with Crippen LogP contribution in [0.15, 0.2) is 309 Å². The van der Waals surface area contributed by atoms with Crippen molar-refractivity contribution in [3.05, 3.63) is 315 Å². The van der Waals surface area contributed by atoms with E-state index in [1.165, 1.54) is 0 Å². The van der Waals surface area contributed by atoms with Crippen LogP contribution < -0.4 is 21.3 Å². The third kappa shape index (κ3) is 7.93. The molecule has 93 heavy (non-hydrogen) atoms. The third-order valence-electron chi connectivity index (χ3n) is 19.3. The maximum absolute atomic E-state index is 9.74. The second kappa shape index (κ2) is 20.4. The van der Waals surface area contributed by atoms with Crippen LogP contribution in [0.4, 0.5) is 17.1 Å². The number of hydrogen-bond donors (Lipinski definition) is 1. The van der Waals surface area contributed by atoms with Crippen molar-refractivity contribution in [2.75, 3.05) is 4.90 Å². The highest BCUT2D eigenvalue weighted by Crippen LogP contribution is 2.55. The molecule has 0 amide bonds. The first-order valence-electron chi connectivity index (χ1n) is 38.0. The van der Waals surface area contributed by atoms with Gasteiger partial charge in [0.15, 0.2) is 0 Å². The van der Waals surface area contributed by atoms with Gasteiger partial charge < -0.3 is 19.0 Å². The van der Waals surface area contributed by atoms with Crippen molar-refractivity contribution in [1.82, 2.24) is 14.1 Å². The third-order valence-corrected chi connectivity index (χ3v) is 19.3. The number of fused-ring (bicyclic) bond motifs is 14. The molecule has 1 N–H and O–H groups in total. The summed E-state index contributed by atoms with van der Waals surface area (Å²) in [6, 6.07) is 73.7. The summed E-state index contributed by atoms with van der Waals surface area (Å²) < 4.78 is 125. The second-order valence-electron chi connectivity index (χ2n) is 25.4. The molecular weight excluding hydrogens is 1120 g/mol. The Kier molecular flexibility index (Phi) is 9.14. The molecule has 0 radical (unpaired) electrons. The van der Waals surface area contributed by atoms with Gasteiger partial charge in [0.1, 0.15) is 0 Å². The summed E-state index contributed by atoms with van der Waals surface area (Å²) in [4.78, 5) is 6.53. The Hall–Kier alpha value is -11.7. The Morgan fingerprint density at radius 2 is 0.892 bits per heavy atom. The lowest BCUT2D eigenvalue weighted by molar-refractivity contribution is 0.591. The van der Waals surface area contributed by atoms with Gasteiger partial charge in [-0.05, 0) is 126 Å². The fourth-order valence-electron chi connectivity index (χ4n) is 15.3. The predicted octanol–water partition coefficient (Wildman–Crippen LogP) is 21.4. The summed E-state index contributed by atoms with van der Waals surface area (Å²) >= 11 is 0. The molecule has 0 fully saturated rings. The molecular formula is C88H61BN4. The highest BCUT2D eigenvalue weighted by Gasteiger charge is 2.45. The van der Waals surface area contributed by atoms with Crippen molar-refractivity contribution < 1.29 is 17.8 Å². The predicted molar refractivity (Wildman–Crippen MR) is 395 cm³/mol. The Morgan fingerprint density at radius 3 is 1.55 bits per heavy atom. The number of aromatic amines is 1. The minimum absolute atomic E-state index is 0.000839. The molecule has 0 saturated heterocycles. The summed E-state index contributed by atoms with van der Waals surface area (Å²) in [6.07, 6.45) is 0. The quantitative estimate of drug-likeness (QED) is 0.151. The highest BCUT2D eigenvalue weighted by molar-refractivity contribution is 7.00. The second-order valence-corrected chi connectivity index (χ2v) is 25.4. The van der Waals surface area contributed by atoms with Gasteiger partial charge in [0.2, 0.25) is 0 Å². The van der Waals surface area contributed by atoms with E-state index in [4.69, 9.17) is 6.85 Å². The molecule has 2 aliphatic heterocycles. The lowest BCUT2D eigenvalue weighted by Crippen LogP contribution is -2.60. The Labute approximate surface area is 558 Å². The number of nitrogens with one attached hydrogen (secondary N) is 1. The van der Waals surface area contributed by atoms with E-state index in [1.807, 2.05) is 66.7 Å². The number of rotatable bonds is 8. The summed E-state index contributed by atoms with van der Waals surface area (Å²) in [7, 11) is 0. The topological polar surface area (TPSA) is 28.9 Å². The van der Waals surface area contributed by atoms with Crippen LogP contribution in [0.2, 0.25) is 0 Å². The van der Waals surface area contributed by atoms with E-state index in [0.29, 0.717) is 22.3 Å². The van der Waals surface area contributed by atoms with Gasteiger partial charge in [0.05, 0.1) is 68.0 Å². The molecule has 5 heteroatoms. The fraction of sp³-hybridized carbons (Fsp3) is 0.0455. The molecule has 2 aliphatic rings. The molecule has 17 aromatic rings. The Morgan fingerprint density at radius 1 is 0.355 bits per heavy atom. The Bertz CT molecular complexity index is 6570. The average Bonchev–Trinajstić information content (AvgIpc) is 1.42. The molecule has 0 bridgehead atoms. The summed E-state index contributed by atoms with van der Waals surface area (Å²) in [5.74, 6) is 0. The zero-order valence-electron chi connectivity index (χ0n) is 63.9. The minimum Gasteiger partial charge on any atom is -0.354 e. The number of aromatic nitrogens is 3. The number of hydrogen-bond acceptors (Lipinski definition) is 1. The van der Waals surface area contributed by atoms with Crippen LogP contribution in [0.1, 0.15) is 44.2 Å². The zero-order chi connectivity index (χ0) is 72.9. The molecule has 0 atom stereocenters. The molecule has 14 aromatic carbocycles. The van der Waals surface area contributed by atoms with Gasteiger partial charge in [-0.2, -0.15) is 0 Å². The molecule has 0 saturated carbocycles. The van der Waals surface area contributed by atoms with E-state index < -0.39 is 73.2 Å². The SMILES string of the molecule is [2H]c1c([2H])c([2H])c(-c2ccc3c(c2)N(c2c(-c4ccccc4)cc(C(C)(C)C)cc2-c2ccccc2)c2c4c(cc5[nH]c6c(-c7ccccc7-c7ccccc7-c7ccccc7)cccc6c25)-n2c5ccccc5c5c(-n6c7c([2H])c([2H])c([2H])c([2H])c7c7c([2H])c([2H])c([2H])c([2H])c76)ccc(c52)B34)c([2H])c1[2H]. The van der Waals surface area contributed by atoms with Crippen LogP contribution in [0, 0.1) is 0 Å². The first-order valence-corrected chi connectivity index (χ1v) is 31.5. The van der Waals surface area contributed by atoms with Gasteiger partial charge in [0, 0.05) is 60.4 Å². The van der Waals surface area contributed by atoms with Gasteiger partial charge in [0.25, 0.3) is 6.71 Å². The fourth-order valence-corrected chi connectivity index (χ4v) is 15.3. The van der Waals surface area contributed by atoms with Crippen LogP contribution >= 0.6 is 0 Å². The molecule has 4 nitrogen and oxygen atoms in total. The van der Waals surface area contributed by atoms with E-state index in [1.54, 1.807) is 4.57 Å². The van der Waals surface area contributed by atoms with Gasteiger partial charge >= 0.3 is 0 Å². The molecule has 436 valence electrons. The van der Waals surface area contributed by atoms with Gasteiger partial charge in [-0.1, -0.05) is 281 Å². The lowest BCUT2D eigenvalue weighted by atomic mass is 9.33. The van der Waals surface area contributed by atoms with Crippen molar-refractivity contribution in [2.45, 2.75) is 26.2 Å². The van der Waals surface area contributed by atoms with Crippen molar-refractivity contribution >= 4 is 106 Å². The van der Waals surface area contributed by atoms with Crippen LogP contribution in [-0.2, 0) is 5.41 Å². The maximum atomic E-state index is 9.74. The van der Waals surface area contributed by atoms with Crippen molar-refractivity contribution in [2.24, 2.45) is 0 Å². The normalized spacial score (nSPS) is 14.6. The van der Waals surface area contributed by atoms with E-state index in [2.05, 4.69) is 199 Å². The molecule has 0 spiro atoms. The number of nitrogens with zero attached hydrogens (tertiary/aromatic N) is 3. The molecule has 19 rings (SSSR count). The van der Waals surface area contributed by atoms with E-state index in [-0.39, 0.29) is 44.9 Å². The van der Waals surface area contributed by atoms with Crippen molar-refractivity contribution in [3.8, 4) is 78.1 Å². The van der Waals surface area contributed by atoms with E-state index in [0.717, 1.165) is 133 Å². The van der Waals surface area contributed by atoms with Crippen molar-refractivity contribution in [3.63, 3.8) is 0 Å². The number of H-pyrrole nitrogens is 1. The average molecular weight is 1200 g/mol. The van der Waals surface area contributed by atoms with Crippen LogP contribution in [-0.4, -0.2) is 20.8 Å². The molecule has 5 heterocycles. The van der Waals surface area contributed by atoms with Crippen LogP contribution in [0.5, 0.6) is 0 Å². The lowest BCUT2D eigenvalue weighted by Gasteiger charge is -2.42. The van der Waals surface area contributed by atoms with Gasteiger partial charge in [-0.3, -0.25) is 0 Å². The summed E-state index contributed by atoms with van der Waals surface area (Å²) in [6.45, 7) is 6.01. The molecule has 0 aliphatic carbocycles. The van der Waals surface area contributed by atoms with Crippen LogP contribution in [0.3, 0.4) is 0 Å². The minimum atomic E-state index is -0.659. The Balaban J connectivity index is 1.02. The molecule has 3 aromatic heterocycles. The number of para-hydroxylation sites is 4. The standard InChI is InChI=1S/C88H61BN4/c1-88(2,3)60-52-70(57-31-12-6-13-32-57)85(71(53-60)58-33-14-7-15-34-58)93-79-51-59(55-27-8-4-9-28-55)47-48-72(79)89-73-49-50-78(91-75-44-23-20-39-65(75)66-40-21-24-45-76(66)91)82-68-41-22-25-46-77(68)92(86(73)82)80-54-74-81(87(93)83(80)89)69-43-26-42-67(84(69)90-74)64-38-19-18-37-63(64)62-36-17-16-35-61(62)56-29-10-5-11-30-56/h4-54,90H,1-3H3/i4D,8D,9D,20D,21D,23D,24D,27D,28D,39D,40D,44D,45D. The summed E-state index contributed by atoms with van der Waals surface area (Å²) in [5.41, 5.74) is 20.4. The first-order chi connectivity index (χ1) is 51.2. The summed E-state index contributed by atoms with van der Waals surface area (Å²) in [5, 5.41) is 3.16. The smallest absolute Gasteiger partial charge is 0.252 e. The number of benzene rings is 14. The first kappa shape index (κ1) is 41.6.